The van der Waals surface area contributed by atoms with Gasteiger partial charge in [0, 0.05) is 22.9 Å². The molecular formula is C20H26N2O2S2. The minimum absolute atomic E-state index is 0.0356. The third-order valence-corrected chi connectivity index (χ3v) is 5.91. The highest BCUT2D eigenvalue weighted by atomic mass is 32.2. The van der Waals surface area contributed by atoms with Gasteiger partial charge in [0.2, 0.25) is 11.8 Å². The molecule has 1 heterocycles. The fourth-order valence-electron chi connectivity index (χ4n) is 2.46. The van der Waals surface area contributed by atoms with Crippen molar-refractivity contribution in [2.45, 2.75) is 32.1 Å². The second-order valence-electron chi connectivity index (χ2n) is 6.37. The normalized spacial score (nSPS) is 12.0. The third-order valence-electron chi connectivity index (χ3n) is 3.84. The van der Waals surface area contributed by atoms with E-state index in [4.69, 9.17) is 0 Å². The molecule has 0 spiro atoms. The Morgan fingerprint density at radius 3 is 2.54 bits per heavy atom. The Labute approximate surface area is 163 Å². The number of carbonyl (C=O) groups is 2. The molecule has 0 aliphatic rings. The summed E-state index contributed by atoms with van der Waals surface area (Å²) in [4.78, 5) is 26.0. The minimum Gasteiger partial charge on any atom is -0.353 e. The Morgan fingerprint density at radius 2 is 1.88 bits per heavy atom. The SMILES string of the molecule is CC(C)[C@H](NC(=O)Cc1ccccc1)C(=O)NCCSCc1cccs1. The van der Waals surface area contributed by atoms with Gasteiger partial charge >= 0.3 is 0 Å². The highest BCUT2D eigenvalue weighted by Crippen LogP contribution is 2.16. The number of hydrogen-bond donors (Lipinski definition) is 2. The van der Waals surface area contributed by atoms with Crippen LogP contribution >= 0.6 is 23.1 Å². The van der Waals surface area contributed by atoms with Crippen LogP contribution in [-0.4, -0.2) is 30.2 Å². The molecule has 1 aromatic heterocycles. The Kier molecular flexibility index (Phi) is 8.71. The predicted molar refractivity (Wildman–Crippen MR) is 110 cm³/mol. The first-order valence-corrected chi connectivity index (χ1v) is 10.8. The summed E-state index contributed by atoms with van der Waals surface area (Å²) in [7, 11) is 0. The summed E-state index contributed by atoms with van der Waals surface area (Å²) < 4.78 is 0. The van der Waals surface area contributed by atoms with Crippen molar-refractivity contribution < 1.29 is 9.59 Å². The molecule has 6 heteroatoms. The largest absolute Gasteiger partial charge is 0.353 e. The zero-order valence-corrected chi connectivity index (χ0v) is 16.9. The lowest BCUT2D eigenvalue weighted by Gasteiger charge is -2.21. The monoisotopic (exact) mass is 390 g/mol. The van der Waals surface area contributed by atoms with Crippen LogP contribution in [-0.2, 0) is 21.8 Å². The maximum Gasteiger partial charge on any atom is 0.242 e. The highest BCUT2D eigenvalue weighted by molar-refractivity contribution is 7.98. The van der Waals surface area contributed by atoms with Crippen LogP contribution in [0.5, 0.6) is 0 Å². The van der Waals surface area contributed by atoms with Crippen molar-refractivity contribution in [1.29, 1.82) is 0 Å². The van der Waals surface area contributed by atoms with E-state index < -0.39 is 6.04 Å². The molecule has 140 valence electrons. The number of amides is 2. The second kappa shape index (κ2) is 11.0. The van der Waals surface area contributed by atoms with E-state index in [9.17, 15) is 9.59 Å². The van der Waals surface area contributed by atoms with E-state index in [1.54, 1.807) is 23.1 Å². The van der Waals surface area contributed by atoms with Crippen molar-refractivity contribution in [3.63, 3.8) is 0 Å². The van der Waals surface area contributed by atoms with Gasteiger partial charge < -0.3 is 10.6 Å². The zero-order chi connectivity index (χ0) is 18.8. The maximum atomic E-state index is 12.4. The molecule has 2 aromatic rings. The standard InChI is InChI=1S/C20H26N2O2S2/c1-15(2)19(22-18(23)13-16-7-4-3-5-8-16)20(24)21-10-12-25-14-17-9-6-11-26-17/h3-9,11,15,19H,10,12-14H2,1-2H3,(H,21,24)(H,22,23)/t19-/m0/s1. The smallest absolute Gasteiger partial charge is 0.242 e. The molecule has 0 aliphatic carbocycles. The molecule has 26 heavy (non-hydrogen) atoms. The van der Waals surface area contributed by atoms with Gasteiger partial charge in [-0.3, -0.25) is 9.59 Å². The van der Waals surface area contributed by atoms with Gasteiger partial charge in [0.05, 0.1) is 6.42 Å². The van der Waals surface area contributed by atoms with E-state index >= 15 is 0 Å². The number of rotatable bonds is 10. The van der Waals surface area contributed by atoms with Gasteiger partial charge in [-0.25, -0.2) is 0 Å². The summed E-state index contributed by atoms with van der Waals surface area (Å²) in [6.07, 6.45) is 0.286. The molecule has 4 nitrogen and oxygen atoms in total. The van der Waals surface area contributed by atoms with Gasteiger partial charge in [0.25, 0.3) is 0 Å². The zero-order valence-electron chi connectivity index (χ0n) is 15.2. The number of nitrogens with one attached hydrogen (secondary N) is 2. The Balaban J connectivity index is 1.72. The Morgan fingerprint density at radius 1 is 1.12 bits per heavy atom. The van der Waals surface area contributed by atoms with E-state index in [0.29, 0.717) is 6.54 Å². The Hall–Kier alpha value is -1.79. The van der Waals surface area contributed by atoms with Crippen molar-refractivity contribution in [3.8, 4) is 0 Å². The summed E-state index contributed by atoms with van der Waals surface area (Å²) >= 11 is 3.54. The van der Waals surface area contributed by atoms with Gasteiger partial charge in [-0.1, -0.05) is 50.2 Å². The molecule has 0 radical (unpaired) electrons. The summed E-state index contributed by atoms with van der Waals surface area (Å²) in [6, 6.07) is 13.2. The molecule has 0 aliphatic heterocycles. The number of thiophene rings is 1. The first-order valence-electron chi connectivity index (χ1n) is 8.77. The van der Waals surface area contributed by atoms with E-state index in [2.05, 4.69) is 22.1 Å². The number of benzene rings is 1. The molecule has 0 bridgehead atoms. The van der Waals surface area contributed by atoms with Crippen molar-refractivity contribution >= 4 is 34.9 Å². The molecule has 2 N–H and O–H groups in total. The molecule has 0 fully saturated rings. The van der Waals surface area contributed by atoms with Crippen molar-refractivity contribution in [3.05, 3.63) is 58.3 Å². The number of carbonyl (C=O) groups excluding carboxylic acids is 2. The average Bonchev–Trinajstić information content (AvgIpc) is 3.13. The third kappa shape index (κ3) is 7.22. The first kappa shape index (κ1) is 20.5. The van der Waals surface area contributed by atoms with Crippen LogP contribution in [0.2, 0.25) is 0 Å². The molecule has 0 unspecified atom stereocenters. The molecule has 2 amide bonds. The van der Waals surface area contributed by atoms with Crippen LogP contribution in [0.1, 0.15) is 24.3 Å². The molecular weight excluding hydrogens is 364 g/mol. The van der Waals surface area contributed by atoms with E-state index in [1.165, 1.54) is 4.88 Å². The van der Waals surface area contributed by atoms with Crippen LogP contribution in [0, 0.1) is 5.92 Å². The second-order valence-corrected chi connectivity index (χ2v) is 8.51. The Bertz CT molecular complexity index is 672. The lowest BCUT2D eigenvalue weighted by molar-refractivity contribution is -0.129. The van der Waals surface area contributed by atoms with Gasteiger partial charge in [0.15, 0.2) is 0 Å². The van der Waals surface area contributed by atoms with Crippen LogP contribution in [0.25, 0.3) is 0 Å². The van der Waals surface area contributed by atoms with Gasteiger partial charge in [-0.2, -0.15) is 11.8 Å². The molecule has 0 saturated carbocycles. The van der Waals surface area contributed by atoms with Crippen LogP contribution in [0.3, 0.4) is 0 Å². The fourth-order valence-corrected chi connectivity index (χ4v) is 4.16. The number of thioether (sulfide) groups is 1. The lowest BCUT2D eigenvalue weighted by atomic mass is 10.0. The van der Waals surface area contributed by atoms with Gasteiger partial charge in [-0.05, 0) is 22.9 Å². The van der Waals surface area contributed by atoms with Crippen molar-refractivity contribution in [1.82, 2.24) is 10.6 Å². The minimum atomic E-state index is -0.506. The molecule has 1 aromatic carbocycles. The predicted octanol–water partition coefficient (Wildman–Crippen LogP) is 3.48. The van der Waals surface area contributed by atoms with Crippen molar-refractivity contribution in [2.24, 2.45) is 5.92 Å². The molecule has 2 rings (SSSR count). The molecule has 1 atom stereocenters. The first-order chi connectivity index (χ1) is 12.6. The average molecular weight is 391 g/mol. The van der Waals surface area contributed by atoms with Crippen LogP contribution in [0.4, 0.5) is 0 Å². The highest BCUT2D eigenvalue weighted by Gasteiger charge is 2.23. The van der Waals surface area contributed by atoms with E-state index in [0.717, 1.165) is 17.1 Å². The molecule has 0 saturated heterocycles. The van der Waals surface area contributed by atoms with E-state index in [-0.39, 0.29) is 24.2 Å². The summed E-state index contributed by atoms with van der Waals surface area (Å²) in [6.45, 7) is 4.49. The summed E-state index contributed by atoms with van der Waals surface area (Å²) in [5, 5.41) is 7.89. The van der Waals surface area contributed by atoms with Crippen LogP contribution in [0.15, 0.2) is 47.8 Å². The van der Waals surface area contributed by atoms with Crippen molar-refractivity contribution in [2.75, 3.05) is 12.3 Å². The number of hydrogen-bond acceptors (Lipinski definition) is 4. The van der Waals surface area contributed by atoms with Gasteiger partial charge in [0.1, 0.15) is 6.04 Å². The van der Waals surface area contributed by atoms with Gasteiger partial charge in [-0.15, -0.1) is 11.3 Å². The van der Waals surface area contributed by atoms with Crippen LogP contribution < -0.4 is 10.6 Å². The maximum absolute atomic E-state index is 12.4. The quantitative estimate of drug-likeness (QED) is 0.611. The summed E-state index contributed by atoms with van der Waals surface area (Å²) in [5.41, 5.74) is 0.942. The van der Waals surface area contributed by atoms with E-state index in [1.807, 2.05) is 50.2 Å². The lowest BCUT2D eigenvalue weighted by Crippen LogP contribution is -2.50. The summed E-state index contributed by atoms with van der Waals surface area (Å²) in [5.74, 6) is 1.62. The fraction of sp³-hybridized carbons (Fsp3) is 0.400. The topological polar surface area (TPSA) is 58.2 Å².